The van der Waals surface area contributed by atoms with Gasteiger partial charge in [-0.3, -0.25) is 0 Å². The SMILES string of the molecule is CCC(C)c1ccccc1NC(=O)NC(C)(C)C. The molecule has 1 atom stereocenters. The Kier molecular flexibility index (Phi) is 4.76. The van der Waals surface area contributed by atoms with E-state index in [-0.39, 0.29) is 11.6 Å². The standard InChI is InChI=1S/C15H24N2O/c1-6-11(2)12-9-7-8-10-13(12)16-14(18)17-15(3,4)5/h7-11H,6H2,1-5H3,(H2,16,17,18). The van der Waals surface area contributed by atoms with Gasteiger partial charge in [-0.15, -0.1) is 0 Å². The van der Waals surface area contributed by atoms with Gasteiger partial charge in [-0.05, 0) is 44.7 Å². The van der Waals surface area contributed by atoms with E-state index in [9.17, 15) is 4.79 Å². The molecule has 1 aromatic carbocycles. The van der Waals surface area contributed by atoms with Crippen LogP contribution in [0.1, 0.15) is 52.5 Å². The second-order valence-electron chi connectivity index (χ2n) is 5.73. The van der Waals surface area contributed by atoms with Crippen molar-refractivity contribution in [1.29, 1.82) is 0 Å². The van der Waals surface area contributed by atoms with Gasteiger partial charge in [-0.25, -0.2) is 4.79 Å². The molecule has 18 heavy (non-hydrogen) atoms. The Labute approximate surface area is 110 Å². The summed E-state index contributed by atoms with van der Waals surface area (Å²) in [6, 6.07) is 7.82. The first kappa shape index (κ1) is 14.6. The van der Waals surface area contributed by atoms with Gasteiger partial charge >= 0.3 is 6.03 Å². The van der Waals surface area contributed by atoms with Crippen LogP contribution >= 0.6 is 0 Å². The topological polar surface area (TPSA) is 41.1 Å². The second-order valence-corrected chi connectivity index (χ2v) is 5.73. The quantitative estimate of drug-likeness (QED) is 0.830. The lowest BCUT2D eigenvalue weighted by Crippen LogP contribution is -2.43. The zero-order valence-corrected chi connectivity index (χ0v) is 12.0. The Morgan fingerprint density at radius 1 is 1.28 bits per heavy atom. The fraction of sp³-hybridized carbons (Fsp3) is 0.533. The molecule has 0 aliphatic carbocycles. The van der Waals surface area contributed by atoms with Gasteiger partial charge in [0.05, 0.1) is 0 Å². The molecule has 0 radical (unpaired) electrons. The largest absolute Gasteiger partial charge is 0.333 e. The normalized spacial score (nSPS) is 12.9. The Balaban J connectivity index is 2.81. The van der Waals surface area contributed by atoms with E-state index in [0.29, 0.717) is 5.92 Å². The average molecular weight is 248 g/mol. The summed E-state index contributed by atoms with van der Waals surface area (Å²) in [6.45, 7) is 10.2. The zero-order valence-electron chi connectivity index (χ0n) is 12.0. The number of hydrogen-bond donors (Lipinski definition) is 2. The smallest absolute Gasteiger partial charge is 0.319 e. The highest BCUT2D eigenvalue weighted by Crippen LogP contribution is 2.26. The molecule has 0 aliphatic heterocycles. The highest BCUT2D eigenvalue weighted by atomic mass is 16.2. The third kappa shape index (κ3) is 4.40. The first-order valence-corrected chi connectivity index (χ1v) is 6.51. The molecule has 0 spiro atoms. The summed E-state index contributed by atoms with van der Waals surface area (Å²) in [5, 5.41) is 5.83. The molecule has 2 amide bonds. The van der Waals surface area contributed by atoms with E-state index >= 15 is 0 Å². The van der Waals surface area contributed by atoms with Crippen molar-refractivity contribution in [3.05, 3.63) is 29.8 Å². The van der Waals surface area contributed by atoms with Gasteiger partial charge in [0.25, 0.3) is 0 Å². The lowest BCUT2D eigenvalue weighted by Gasteiger charge is -2.22. The number of hydrogen-bond acceptors (Lipinski definition) is 1. The van der Waals surface area contributed by atoms with Gasteiger partial charge in [0.2, 0.25) is 0 Å². The Morgan fingerprint density at radius 2 is 1.89 bits per heavy atom. The van der Waals surface area contributed by atoms with Crippen LogP contribution in [0.5, 0.6) is 0 Å². The number of anilines is 1. The minimum atomic E-state index is -0.227. The molecule has 2 N–H and O–H groups in total. The van der Waals surface area contributed by atoms with Crippen molar-refractivity contribution in [3.8, 4) is 0 Å². The van der Waals surface area contributed by atoms with E-state index in [2.05, 4.69) is 30.5 Å². The van der Waals surface area contributed by atoms with E-state index in [0.717, 1.165) is 12.1 Å². The van der Waals surface area contributed by atoms with E-state index in [1.54, 1.807) is 0 Å². The molecule has 100 valence electrons. The van der Waals surface area contributed by atoms with E-state index in [1.807, 2.05) is 39.0 Å². The monoisotopic (exact) mass is 248 g/mol. The van der Waals surface area contributed by atoms with Crippen molar-refractivity contribution in [2.24, 2.45) is 0 Å². The summed E-state index contributed by atoms with van der Waals surface area (Å²) < 4.78 is 0. The number of amides is 2. The fourth-order valence-electron chi connectivity index (χ4n) is 1.75. The van der Waals surface area contributed by atoms with Crippen LogP contribution in [0.2, 0.25) is 0 Å². The molecule has 3 heteroatoms. The molecule has 0 aromatic heterocycles. The molecule has 0 bridgehead atoms. The van der Waals surface area contributed by atoms with Crippen molar-refractivity contribution < 1.29 is 4.79 Å². The highest BCUT2D eigenvalue weighted by Gasteiger charge is 2.15. The molecule has 0 heterocycles. The number of para-hydroxylation sites is 1. The van der Waals surface area contributed by atoms with Crippen LogP contribution in [-0.2, 0) is 0 Å². The maximum absolute atomic E-state index is 11.9. The molecule has 1 unspecified atom stereocenters. The summed E-state index contributed by atoms with van der Waals surface area (Å²) >= 11 is 0. The van der Waals surface area contributed by atoms with Crippen molar-refractivity contribution in [1.82, 2.24) is 5.32 Å². The van der Waals surface area contributed by atoms with Crippen molar-refractivity contribution in [3.63, 3.8) is 0 Å². The predicted octanol–water partition coefficient (Wildman–Crippen LogP) is 4.12. The van der Waals surface area contributed by atoms with Gasteiger partial charge in [0, 0.05) is 11.2 Å². The average Bonchev–Trinajstić information content (AvgIpc) is 2.26. The third-order valence-electron chi connectivity index (χ3n) is 2.84. The zero-order chi connectivity index (χ0) is 13.8. The maximum atomic E-state index is 11.9. The van der Waals surface area contributed by atoms with Crippen LogP contribution in [0.4, 0.5) is 10.5 Å². The second kappa shape index (κ2) is 5.89. The number of carbonyl (C=O) groups excluding carboxylic acids is 1. The third-order valence-corrected chi connectivity index (χ3v) is 2.84. The number of urea groups is 1. The summed E-state index contributed by atoms with van der Waals surface area (Å²) in [7, 11) is 0. The van der Waals surface area contributed by atoms with Crippen molar-refractivity contribution in [2.45, 2.75) is 52.5 Å². The number of rotatable bonds is 3. The molecule has 0 aliphatic rings. The maximum Gasteiger partial charge on any atom is 0.319 e. The summed E-state index contributed by atoms with van der Waals surface area (Å²) in [4.78, 5) is 11.9. The van der Waals surface area contributed by atoms with Crippen LogP contribution in [-0.4, -0.2) is 11.6 Å². The van der Waals surface area contributed by atoms with E-state index in [1.165, 1.54) is 5.56 Å². The highest BCUT2D eigenvalue weighted by molar-refractivity contribution is 5.90. The predicted molar refractivity (Wildman–Crippen MR) is 77.1 cm³/mol. The van der Waals surface area contributed by atoms with Crippen LogP contribution < -0.4 is 10.6 Å². The van der Waals surface area contributed by atoms with Crippen LogP contribution in [0, 0.1) is 0 Å². The van der Waals surface area contributed by atoms with Crippen molar-refractivity contribution >= 4 is 11.7 Å². The lowest BCUT2D eigenvalue weighted by molar-refractivity contribution is 0.244. The fourth-order valence-corrected chi connectivity index (χ4v) is 1.75. The number of nitrogens with one attached hydrogen (secondary N) is 2. The van der Waals surface area contributed by atoms with Crippen LogP contribution in [0.25, 0.3) is 0 Å². The first-order valence-electron chi connectivity index (χ1n) is 6.51. The summed E-state index contributed by atoms with van der Waals surface area (Å²) in [5.74, 6) is 0.441. The van der Waals surface area contributed by atoms with Gasteiger partial charge in [-0.2, -0.15) is 0 Å². The van der Waals surface area contributed by atoms with Gasteiger partial charge in [0.15, 0.2) is 0 Å². The molecule has 1 rings (SSSR count). The van der Waals surface area contributed by atoms with Crippen LogP contribution in [0.15, 0.2) is 24.3 Å². The molecular formula is C15H24N2O. The Morgan fingerprint density at radius 3 is 2.44 bits per heavy atom. The molecule has 0 saturated heterocycles. The molecule has 0 fully saturated rings. The van der Waals surface area contributed by atoms with Crippen molar-refractivity contribution in [2.75, 3.05) is 5.32 Å². The van der Waals surface area contributed by atoms with Crippen LogP contribution in [0.3, 0.4) is 0 Å². The summed E-state index contributed by atoms with van der Waals surface area (Å²) in [6.07, 6.45) is 1.06. The van der Waals surface area contributed by atoms with Gasteiger partial charge in [0.1, 0.15) is 0 Å². The minimum absolute atomic E-state index is 0.154. The number of carbonyl (C=O) groups is 1. The minimum Gasteiger partial charge on any atom is -0.333 e. The van der Waals surface area contributed by atoms with Gasteiger partial charge < -0.3 is 10.6 Å². The molecule has 1 aromatic rings. The molecule has 0 saturated carbocycles. The first-order chi connectivity index (χ1) is 8.33. The van der Waals surface area contributed by atoms with Gasteiger partial charge in [-0.1, -0.05) is 32.0 Å². The summed E-state index contributed by atoms with van der Waals surface area (Å²) in [5.41, 5.74) is 1.85. The van der Waals surface area contributed by atoms with E-state index < -0.39 is 0 Å². The Bertz CT molecular complexity index is 407. The Hall–Kier alpha value is -1.51. The number of benzene rings is 1. The molecule has 3 nitrogen and oxygen atoms in total. The molecular weight excluding hydrogens is 224 g/mol. The lowest BCUT2D eigenvalue weighted by atomic mass is 9.97. The van der Waals surface area contributed by atoms with E-state index in [4.69, 9.17) is 0 Å².